The number of aliphatic hydroxyl groups is 10. The number of aliphatic hydroxyl groups excluding tert-OH is 10. The molecule has 0 saturated carbocycles. The lowest BCUT2D eigenvalue weighted by atomic mass is 9.97. The molecule has 1 aliphatic heterocycles. The zero-order valence-electron chi connectivity index (χ0n) is 32.3. The molecule has 0 unspecified atom stereocenters. The van der Waals surface area contributed by atoms with Crippen LogP contribution in [0.5, 0.6) is 0 Å². The van der Waals surface area contributed by atoms with E-state index in [1.807, 2.05) is 29.0 Å². The molecule has 58 heavy (non-hydrogen) atoms. The highest BCUT2D eigenvalue weighted by Crippen LogP contribution is 2.26. The first-order valence-electron chi connectivity index (χ1n) is 19.1. The average molecular weight is 820 g/mol. The van der Waals surface area contributed by atoms with Crippen molar-refractivity contribution in [2.24, 2.45) is 0 Å². The van der Waals surface area contributed by atoms with Crippen LogP contribution < -0.4 is 15.2 Å². The van der Waals surface area contributed by atoms with Crippen LogP contribution in [0, 0.1) is 0 Å². The maximum Gasteiger partial charge on any atom is 0.277 e. The van der Waals surface area contributed by atoms with E-state index in [0.717, 1.165) is 16.9 Å². The molecule has 8 atom stereocenters. The molecule has 4 aromatic rings. The normalized spacial score (nSPS) is 18.3. The van der Waals surface area contributed by atoms with Crippen LogP contribution in [0.3, 0.4) is 0 Å². The van der Waals surface area contributed by atoms with Crippen LogP contribution in [0.1, 0.15) is 42.9 Å². The first-order chi connectivity index (χ1) is 27.7. The molecule has 1 aromatic carbocycles. The van der Waals surface area contributed by atoms with Gasteiger partial charge in [0.2, 0.25) is 6.41 Å². The first-order valence-corrected chi connectivity index (χ1v) is 19.1. The van der Waals surface area contributed by atoms with Gasteiger partial charge in [-0.05, 0) is 38.8 Å². The first kappa shape index (κ1) is 44.6. The Balaban J connectivity index is 1.34. The minimum Gasteiger partial charge on any atom is -0.394 e. The molecule has 0 spiro atoms. The fraction of sp³-hybridized carbons (Fsp3) is 0.611. The highest BCUT2D eigenvalue weighted by Gasteiger charge is 2.38. The molecule has 1 fully saturated rings. The summed E-state index contributed by atoms with van der Waals surface area (Å²) in [5.41, 5.74) is 8.99. The Labute approximate surface area is 332 Å². The lowest BCUT2D eigenvalue weighted by molar-refractivity contribution is -0.676. The highest BCUT2D eigenvalue weighted by molar-refractivity contribution is 5.97. The number of imidazole rings is 1. The van der Waals surface area contributed by atoms with Crippen molar-refractivity contribution in [1.29, 1.82) is 0 Å². The summed E-state index contributed by atoms with van der Waals surface area (Å²) in [6.45, 7) is 2.92. The van der Waals surface area contributed by atoms with Gasteiger partial charge in [-0.15, -0.1) is 0 Å². The van der Waals surface area contributed by atoms with Gasteiger partial charge in [-0.2, -0.15) is 5.10 Å². The summed E-state index contributed by atoms with van der Waals surface area (Å²) in [5.74, 6) is 0.702. The number of hydrogen-bond donors (Lipinski definition) is 12. The molecular formula is C36H55N10O12+. The molecule has 0 bridgehead atoms. The molecule has 4 heterocycles. The molecule has 0 aliphatic carbocycles. The van der Waals surface area contributed by atoms with Gasteiger partial charge in [0.15, 0.2) is 28.3 Å². The number of fused-ring (bicyclic) bond motifs is 2. The SMILES string of the molecule is CCn1c(CN(C=O)c2nc3cn[nH]c3nc2N)[n+](CC)c2ccc(C(=O)N3CCC(N(C[C@H](O)[C@@H](O)[C@H](O)[C@H](O)CO)C[C@H](O)[C@@H](O)[C@H](O)[C@H](O)CO)CC3)cc21. The Kier molecular flexibility index (Phi) is 15.0. The molecule has 13 N–H and O–H groups in total. The van der Waals surface area contributed by atoms with Crippen molar-refractivity contribution in [3.8, 4) is 0 Å². The molecule has 1 saturated heterocycles. The van der Waals surface area contributed by atoms with Crippen LogP contribution in [-0.2, 0) is 24.4 Å². The number of nitrogens with two attached hydrogens (primary N) is 1. The summed E-state index contributed by atoms with van der Waals surface area (Å²) in [4.78, 5) is 39.7. The van der Waals surface area contributed by atoms with Gasteiger partial charge in [0.1, 0.15) is 48.7 Å². The van der Waals surface area contributed by atoms with Gasteiger partial charge in [-0.3, -0.25) is 24.5 Å². The Morgan fingerprint density at radius 2 is 1.52 bits per heavy atom. The molecule has 2 amide bonds. The van der Waals surface area contributed by atoms with Crippen molar-refractivity contribution in [2.45, 2.75) is 101 Å². The number of benzene rings is 1. The molecule has 22 heteroatoms. The third-order valence-electron chi connectivity index (χ3n) is 10.8. The van der Waals surface area contributed by atoms with E-state index < -0.39 is 81.2 Å². The van der Waals surface area contributed by atoms with Crippen LogP contribution >= 0.6 is 0 Å². The summed E-state index contributed by atoms with van der Waals surface area (Å²) in [6.07, 6.45) is -11.9. The molecule has 22 nitrogen and oxygen atoms in total. The maximum atomic E-state index is 14.0. The van der Waals surface area contributed by atoms with Gasteiger partial charge >= 0.3 is 0 Å². The fourth-order valence-corrected chi connectivity index (χ4v) is 7.52. The second-order valence-corrected chi connectivity index (χ2v) is 14.5. The summed E-state index contributed by atoms with van der Waals surface area (Å²) in [6, 6.07) is 4.89. The number of nitrogens with zero attached hydrogens (tertiary/aromatic N) is 8. The van der Waals surface area contributed by atoms with Gasteiger partial charge in [-0.1, -0.05) is 0 Å². The molecule has 1 aliphatic rings. The van der Waals surface area contributed by atoms with E-state index >= 15 is 0 Å². The van der Waals surface area contributed by atoms with E-state index in [4.69, 9.17) is 5.73 Å². The molecule has 0 radical (unpaired) electrons. The number of nitrogens with one attached hydrogen (secondary N) is 1. The predicted molar refractivity (Wildman–Crippen MR) is 205 cm³/mol. The lowest BCUT2D eigenvalue weighted by Gasteiger charge is -2.41. The van der Waals surface area contributed by atoms with Crippen molar-refractivity contribution in [3.05, 3.63) is 35.8 Å². The van der Waals surface area contributed by atoms with Gasteiger partial charge in [-0.25, -0.2) is 19.1 Å². The van der Waals surface area contributed by atoms with Crippen LogP contribution in [0.4, 0.5) is 11.6 Å². The van der Waals surface area contributed by atoms with E-state index in [1.165, 1.54) is 16.0 Å². The average Bonchev–Trinajstić information content (AvgIpc) is 3.83. The van der Waals surface area contributed by atoms with Crippen LogP contribution in [-0.4, -0.2) is 192 Å². The largest absolute Gasteiger partial charge is 0.394 e. The number of anilines is 2. The van der Waals surface area contributed by atoms with Crippen molar-refractivity contribution in [3.63, 3.8) is 0 Å². The molecular weight excluding hydrogens is 764 g/mol. The molecule has 3 aromatic heterocycles. The Morgan fingerprint density at radius 3 is 2.05 bits per heavy atom. The van der Waals surface area contributed by atoms with Gasteiger partial charge in [0.05, 0.1) is 44.7 Å². The van der Waals surface area contributed by atoms with Crippen molar-refractivity contribution >= 4 is 46.2 Å². The molecule has 320 valence electrons. The van der Waals surface area contributed by atoms with E-state index in [1.54, 1.807) is 17.0 Å². The smallest absolute Gasteiger partial charge is 0.277 e. The fourth-order valence-electron chi connectivity index (χ4n) is 7.52. The number of carbonyl (C=O) groups excluding carboxylic acids is 2. The monoisotopic (exact) mass is 819 g/mol. The molecule has 5 rings (SSSR count). The van der Waals surface area contributed by atoms with Crippen LogP contribution in [0.2, 0.25) is 0 Å². The van der Waals surface area contributed by atoms with Crippen molar-refractivity contribution < 1.29 is 65.2 Å². The van der Waals surface area contributed by atoms with E-state index in [0.29, 0.717) is 49.1 Å². The van der Waals surface area contributed by atoms with Gasteiger partial charge in [0, 0.05) is 43.9 Å². The Morgan fingerprint density at radius 1 is 0.931 bits per heavy atom. The summed E-state index contributed by atoms with van der Waals surface area (Å²) < 4.78 is 4.04. The van der Waals surface area contributed by atoms with Crippen LogP contribution in [0.15, 0.2) is 24.4 Å². The summed E-state index contributed by atoms with van der Waals surface area (Å²) in [7, 11) is 0. The quantitative estimate of drug-likeness (QED) is 0.0294. The number of aryl methyl sites for hydroxylation is 2. The second-order valence-electron chi connectivity index (χ2n) is 14.5. The number of carbonyl (C=O) groups is 2. The van der Waals surface area contributed by atoms with E-state index in [9.17, 15) is 60.7 Å². The number of rotatable bonds is 20. The maximum absolute atomic E-state index is 14.0. The van der Waals surface area contributed by atoms with Gasteiger partial charge < -0.3 is 61.7 Å². The number of aromatic amines is 1. The number of H-pyrrole nitrogens is 1. The minimum atomic E-state index is -1.92. The zero-order valence-corrected chi connectivity index (χ0v) is 32.3. The Hall–Kier alpha value is -4.46. The number of nitrogen functional groups attached to an aromatic ring is 1. The topological polar surface area (TPSA) is 335 Å². The van der Waals surface area contributed by atoms with Crippen molar-refractivity contribution in [2.75, 3.05) is 50.0 Å². The Bertz CT molecular complexity index is 1960. The third kappa shape index (κ3) is 9.37. The predicted octanol–water partition coefficient (Wildman–Crippen LogP) is -4.84. The summed E-state index contributed by atoms with van der Waals surface area (Å²) in [5, 5.41) is 108. The summed E-state index contributed by atoms with van der Waals surface area (Å²) >= 11 is 0. The number of likely N-dealkylation sites (tertiary alicyclic amines) is 1. The second kappa shape index (κ2) is 19.5. The van der Waals surface area contributed by atoms with E-state index in [-0.39, 0.29) is 37.2 Å². The number of hydrogen-bond acceptors (Lipinski definition) is 17. The third-order valence-corrected chi connectivity index (χ3v) is 10.8. The zero-order chi connectivity index (χ0) is 42.4. The number of amides is 2. The number of piperidine rings is 1. The van der Waals surface area contributed by atoms with Crippen molar-refractivity contribution in [1.82, 2.24) is 34.5 Å². The lowest BCUT2D eigenvalue weighted by Crippen LogP contribution is -2.56. The minimum absolute atomic E-state index is 0.0433. The van der Waals surface area contributed by atoms with Crippen LogP contribution in [0.25, 0.3) is 22.2 Å². The van der Waals surface area contributed by atoms with Gasteiger partial charge in [0.25, 0.3) is 11.7 Å². The highest BCUT2D eigenvalue weighted by atomic mass is 16.4. The van der Waals surface area contributed by atoms with E-state index in [2.05, 4.69) is 20.2 Å². The standard InChI is InChI=1S/C36H55N10O12/c1-3-45-22-6-5-19(11-23(22)46(4-2)28(45)15-44(18-49)35-33(37)40-34-21(39-35)12-38-41-34)36(58)42-9-7-20(8-10-42)43(13-24(50)29(54)31(56)26(52)16-47)14-25(51)30(55)32(57)27(53)17-48/h5-6,11-12,18,20,24-27,29-32,47-48,50-57H,3-4,7-10,13-17H2,1-2H3,(H3,37,38,40,41)/q+1/t24-,25-,26+,27+,29+,30+,31+,32+/m0/s1. The number of aromatic nitrogens is 6.